The molecule has 0 radical (unpaired) electrons. The van der Waals surface area contributed by atoms with Crippen LogP contribution in [0.1, 0.15) is 24.9 Å². The molecule has 1 N–H and O–H groups in total. The van der Waals surface area contributed by atoms with E-state index in [1.807, 2.05) is 17.7 Å². The van der Waals surface area contributed by atoms with Gasteiger partial charge in [-0.15, -0.1) is 0 Å². The Bertz CT molecular complexity index is 939. The van der Waals surface area contributed by atoms with Crippen LogP contribution in [0.25, 0.3) is 11.5 Å². The van der Waals surface area contributed by atoms with Crippen LogP contribution in [0.15, 0.2) is 44.6 Å². The molecule has 0 aliphatic heterocycles. The third-order valence-corrected chi connectivity index (χ3v) is 5.04. The summed E-state index contributed by atoms with van der Waals surface area (Å²) in [6.07, 6.45) is 5.14. The Morgan fingerprint density at radius 2 is 2.12 bits per heavy atom. The van der Waals surface area contributed by atoms with E-state index < -0.39 is 10.0 Å². The standard InChI is InChI=1S/C16H20N4O4S/c1-3-15-17-8-10-20(15)9-4-7-18-25(21,22)16-6-5-13(23-16)14-11-12(2)19-24-14/h5-6,8,10-11,18H,3-4,7,9H2,1-2H3. The van der Waals surface area contributed by atoms with Crippen LogP contribution in [-0.4, -0.2) is 29.7 Å². The average molecular weight is 364 g/mol. The third kappa shape index (κ3) is 3.99. The number of aryl methyl sites for hydroxylation is 3. The predicted octanol–water partition coefficient (Wildman–Crippen LogP) is 2.37. The van der Waals surface area contributed by atoms with Gasteiger partial charge in [0.1, 0.15) is 5.82 Å². The molecule has 0 saturated carbocycles. The number of aromatic nitrogens is 3. The molecule has 8 nitrogen and oxygen atoms in total. The third-order valence-electron chi connectivity index (χ3n) is 3.70. The van der Waals surface area contributed by atoms with E-state index in [0.717, 1.165) is 12.2 Å². The molecule has 25 heavy (non-hydrogen) atoms. The molecule has 9 heteroatoms. The smallest absolute Gasteiger partial charge is 0.273 e. The molecule has 3 aromatic rings. The van der Waals surface area contributed by atoms with E-state index in [9.17, 15) is 8.42 Å². The first-order chi connectivity index (χ1) is 12.0. The zero-order valence-electron chi connectivity index (χ0n) is 14.1. The van der Waals surface area contributed by atoms with Gasteiger partial charge in [-0.3, -0.25) is 0 Å². The lowest BCUT2D eigenvalue weighted by molar-refractivity contribution is 0.397. The summed E-state index contributed by atoms with van der Waals surface area (Å²) in [5.74, 6) is 1.71. The van der Waals surface area contributed by atoms with Gasteiger partial charge < -0.3 is 13.5 Å². The lowest BCUT2D eigenvalue weighted by atomic mass is 10.3. The highest BCUT2D eigenvalue weighted by atomic mass is 32.2. The lowest BCUT2D eigenvalue weighted by Gasteiger charge is -2.07. The van der Waals surface area contributed by atoms with Gasteiger partial charge in [-0.2, -0.15) is 0 Å². The SMILES string of the molecule is CCc1nccn1CCCNS(=O)(=O)c1ccc(-c2cc(C)no2)o1. The van der Waals surface area contributed by atoms with Gasteiger partial charge in [-0.1, -0.05) is 12.1 Å². The van der Waals surface area contributed by atoms with Crippen molar-refractivity contribution in [3.8, 4) is 11.5 Å². The molecule has 3 heterocycles. The number of sulfonamides is 1. The van der Waals surface area contributed by atoms with Crippen molar-refractivity contribution in [2.45, 2.75) is 38.3 Å². The van der Waals surface area contributed by atoms with Gasteiger partial charge in [0.15, 0.2) is 5.76 Å². The highest BCUT2D eigenvalue weighted by molar-refractivity contribution is 7.89. The van der Waals surface area contributed by atoms with Gasteiger partial charge in [0, 0.05) is 38.0 Å². The van der Waals surface area contributed by atoms with Crippen LogP contribution >= 0.6 is 0 Å². The maximum absolute atomic E-state index is 12.3. The largest absolute Gasteiger partial charge is 0.440 e. The molecular weight excluding hydrogens is 344 g/mol. The summed E-state index contributed by atoms with van der Waals surface area (Å²) in [5, 5.41) is 3.61. The number of hydrogen-bond acceptors (Lipinski definition) is 6. The number of hydrogen-bond donors (Lipinski definition) is 1. The van der Waals surface area contributed by atoms with E-state index in [4.69, 9.17) is 8.94 Å². The number of nitrogens with zero attached hydrogens (tertiary/aromatic N) is 3. The van der Waals surface area contributed by atoms with Crippen LogP contribution in [0.2, 0.25) is 0 Å². The minimum absolute atomic E-state index is 0.145. The molecule has 0 aliphatic carbocycles. The summed E-state index contributed by atoms with van der Waals surface area (Å²) in [6, 6.07) is 4.63. The second-order valence-corrected chi connectivity index (χ2v) is 7.29. The van der Waals surface area contributed by atoms with E-state index in [2.05, 4.69) is 14.9 Å². The van der Waals surface area contributed by atoms with Crippen molar-refractivity contribution in [3.63, 3.8) is 0 Å². The second kappa shape index (κ2) is 7.24. The van der Waals surface area contributed by atoms with Crippen molar-refractivity contribution in [2.24, 2.45) is 0 Å². The van der Waals surface area contributed by atoms with Gasteiger partial charge in [-0.25, -0.2) is 18.1 Å². The molecule has 0 saturated heterocycles. The average Bonchev–Trinajstić information content (AvgIpc) is 3.31. The lowest BCUT2D eigenvalue weighted by Crippen LogP contribution is -2.25. The number of furan rings is 1. The Kier molecular flexibility index (Phi) is 5.05. The first-order valence-electron chi connectivity index (χ1n) is 8.03. The summed E-state index contributed by atoms with van der Waals surface area (Å²) in [6.45, 7) is 4.82. The predicted molar refractivity (Wildman–Crippen MR) is 90.4 cm³/mol. The zero-order chi connectivity index (χ0) is 17.9. The Morgan fingerprint density at radius 1 is 1.28 bits per heavy atom. The highest BCUT2D eigenvalue weighted by Crippen LogP contribution is 2.24. The van der Waals surface area contributed by atoms with Crippen molar-refractivity contribution in [3.05, 3.63) is 42.1 Å². The molecule has 0 unspecified atom stereocenters. The molecule has 3 rings (SSSR count). The fourth-order valence-electron chi connectivity index (χ4n) is 2.46. The van der Waals surface area contributed by atoms with Crippen molar-refractivity contribution >= 4 is 10.0 Å². The fourth-order valence-corrected chi connectivity index (χ4v) is 3.46. The van der Waals surface area contributed by atoms with E-state index in [-0.39, 0.29) is 5.09 Å². The van der Waals surface area contributed by atoms with Gasteiger partial charge >= 0.3 is 0 Å². The second-order valence-electron chi connectivity index (χ2n) is 5.59. The van der Waals surface area contributed by atoms with E-state index in [1.165, 1.54) is 6.07 Å². The quantitative estimate of drug-likeness (QED) is 0.616. The Balaban J connectivity index is 1.58. The van der Waals surface area contributed by atoms with Crippen LogP contribution in [0.5, 0.6) is 0 Å². The molecule has 0 aliphatic rings. The van der Waals surface area contributed by atoms with Gasteiger partial charge in [-0.05, 0) is 25.5 Å². The van der Waals surface area contributed by atoms with Crippen LogP contribution in [0.4, 0.5) is 0 Å². The van der Waals surface area contributed by atoms with E-state index >= 15 is 0 Å². The Hall–Kier alpha value is -2.39. The maximum Gasteiger partial charge on any atom is 0.273 e. The molecule has 134 valence electrons. The summed E-state index contributed by atoms with van der Waals surface area (Å²) >= 11 is 0. The molecule has 0 atom stereocenters. The summed E-state index contributed by atoms with van der Waals surface area (Å²) in [7, 11) is -3.70. The Morgan fingerprint density at radius 3 is 2.84 bits per heavy atom. The van der Waals surface area contributed by atoms with Crippen LogP contribution in [0.3, 0.4) is 0 Å². The number of nitrogens with one attached hydrogen (secondary N) is 1. The summed E-state index contributed by atoms with van der Waals surface area (Å²) in [5.41, 5.74) is 0.694. The zero-order valence-corrected chi connectivity index (χ0v) is 14.9. The van der Waals surface area contributed by atoms with Crippen LogP contribution in [-0.2, 0) is 23.0 Å². The normalized spacial score (nSPS) is 11.9. The van der Waals surface area contributed by atoms with E-state index in [1.54, 1.807) is 25.3 Å². The summed E-state index contributed by atoms with van der Waals surface area (Å²) in [4.78, 5) is 4.24. The maximum atomic E-state index is 12.3. The van der Waals surface area contributed by atoms with Crippen molar-refractivity contribution in [2.75, 3.05) is 6.54 Å². The molecular formula is C16H20N4O4S. The first-order valence-corrected chi connectivity index (χ1v) is 9.51. The number of rotatable bonds is 8. The van der Waals surface area contributed by atoms with Gasteiger partial charge in [0.05, 0.1) is 5.69 Å². The van der Waals surface area contributed by atoms with E-state index in [0.29, 0.717) is 36.7 Å². The molecule has 0 fully saturated rings. The molecule has 0 spiro atoms. The number of imidazole rings is 1. The monoisotopic (exact) mass is 364 g/mol. The van der Waals surface area contributed by atoms with Crippen LogP contribution in [0, 0.1) is 6.92 Å². The summed E-state index contributed by atoms with van der Waals surface area (Å²) < 4.78 is 39.6. The molecule has 0 bridgehead atoms. The first kappa shape index (κ1) is 17.4. The van der Waals surface area contributed by atoms with Gasteiger partial charge in [0.25, 0.3) is 10.0 Å². The molecule has 3 aromatic heterocycles. The minimum atomic E-state index is -3.70. The molecule has 0 amide bonds. The topological polar surface area (TPSA) is 103 Å². The molecule has 0 aromatic carbocycles. The van der Waals surface area contributed by atoms with Crippen LogP contribution < -0.4 is 4.72 Å². The van der Waals surface area contributed by atoms with Crippen molar-refractivity contribution < 1.29 is 17.4 Å². The Labute approximate surface area is 145 Å². The minimum Gasteiger partial charge on any atom is -0.440 e. The fraction of sp³-hybridized carbons (Fsp3) is 0.375. The van der Waals surface area contributed by atoms with Crippen molar-refractivity contribution in [1.82, 2.24) is 19.4 Å². The van der Waals surface area contributed by atoms with Gasteiger partial charge in [0.2, 0.25) is 10.9 Å². The van der Waals surface area contributed by atoms with Crippen molar-refractivity contribution in [1.29, 1.82) is 0 Å². The highest BCUT2D eigenvalue weighted by Gasteiger charge is 2.20.